The fraction of sp³-hybridized carbons (Fsp3) is 0.350. The van der Waals surface area contributed by atoms with Crippen LogP contribution in [0.4, 0.5) is 13.2 Å². The Balaban J connectivity index is 1.56. The molecular formula is C20H21F3N6O3. The van der Waals surface area contributed by atoms with Gasteiger partial charge in [0.15, 0.2) is 5.65 Å². The van der Waals surface area contributed by atoms with Crippen molar-refractivity contribution in [2.75, 3.05) is 6.61 Å². The van der Waals surface area contributed by atoms with Crippen LogP contribution >= 0.6 is 0 Å². The molecule has 3 heterocycles. The molecule has 170 valence electrons. The molecule has 3 aromatic heterocycles. The SMILES string of the molecule is CCOc1cc(C(=O)NCc2cn3ncc(CNC(=O)CCC(F)(F)F)cc3n2)ccn1. The minimum atomic E-state index is -4.37. The van der Waals surface area contributed by atoms with E-state index in [4.69, 9.17) is 4.74 Å². The van der Waals surface area contributed by atoms with Crippen molar-refractivity contribution < 1.29 is 27.5 Å². The Morgan fingerprint density at radius 1 is 1.19 bits per heavy atom. The van der Waals surface area contributed by atoms with Crippen LogP contribution in [0.25, 0.3) is 5.65 Å². The molecule has 0 aromatic carbocycles. The summed E-state index contributed by atoms with van der Waals surface area (Å²) in [5, 5.41) is 9.35. The van der Waals surface area contributed by atoms with Crippen molar-refractivity contribution in [3.8, 4) is 5.88 Å². The second-order valence-corrected chi connectivity index (χ2v) is 6.79. The molecule has 0 radical (unpaired) electrons. The average molecular weight is 450 g/mol. The Bertz CT molecular complexity index is 1100. The number of amides is 2. The fourth-order valence-electron chi connectivity index (χ4n) is 2.74. The molecule has 0 saturated heterocycles. The highest BCUT2D eigenvalue weighted by Gasteiger charge is 2.27. The third-order valence-corrected chi connectivity index (χ3v) is 4.27. The van der Waals surface area contributed by atoms with Gasteiger partial charge in [0.25, 0.3) is 5.91 Å². The maximum Gasteiger partial charge on any atom is 0.389 e. The molecule has 0 unspecified atom stereocenters. The second-order valence-electron chi connectivity index (χ2n) is 6.79. The van der Waals surface area contributed by atoms with E-state index in [9.17, 15) is 22.8 Å². The summed E-state index contributed by atoms with van der Waals surface area (Å²) in [6.07, 6.45) is -1.57. The molecule has 3 aromatic rings. The first kappa shape index (κ1) is 23.0. The lowest BCUT2D eigenvalue weighted by Gasteiger charge is -2.07. The maximum atomic E-state index is 12.4. The third-order valence-electron chi connectivity index (χ3n) is 4.27. The zero-order valence-corrected chi connectivity index (χ0v) is 17.1. The monoisotopic (exact) mass is 450 g/mol. The summed E-state index contributed by atoms with van der Waals surface area (Å²) in [5.74, 6) is -0.659. The van der Waals surface area contributed by atoms with Crippen molar-refractivity contribution in [3.63, 3.8) is 0 Å². The number of ether oxygens (including phenoxy) is 1. The molecular weight excluding hydrogens is 429 g/mol. The predicted molar refractivity (Wildman–Crippen MR) is 107 cm³/mol. The highest BCUT2D eigenvalue weighted by Crippen LogP contribution is 2.21. The van der Waals surface area contributed by atoms with E-state index in [0.717, 1.165) is 0 Å². The summed E-state index contributed by atoms with van der Waals surface area (Å²) in [7, 11) is 0. The van der Waals surface area contributed by atoms with Gasteiger partial charge in [-0.3, -0.25) is 9.59 Å². The Morgan fingerprint density at radius 2 is 2.00 bits per heavy atom. The maximum absolute atomic E-state index is 12.4. The van der Waals surface area contributed by atoms with Gasteiger partial charge in [0.2, 0.25) is 11.8 Å². The van der Waals surface area contributed by atoms with Crippen LogP contribution in [-0.4, -0.2) is 44.2 Å². The first-order chi connectivity index (χ1) is 15.2. The van der Waals surface area contributed by atoms with Crippen LogP contribution in [0.3, 0.4) is 0 Å². The van der Waals surface area contributed by atoms with Gasteiger partial charge in [0.1, 0.15) is 0 Å². The number of aromatic nitrogens is 4. The highest BCUT2D eigenvalue weighted by atomic mass is 19.4. The highest BCUT2D eigenvalue weighted by molar-refractivity contribution is 5.94. The van der Waals surface area contributed by atoms with Gasteiger partial charge in [-0.15, -0.1) is 0 Å². The van der Waals surface area contributed by atoms with Gasteiger partial charge in [-0.05, 0) is 24.6 Å². The van der Waals surface area contributed by atoms with Crippen molar-refractivity contribution in [2.45, 2.75) is 39.0 Å². The summed E-state index contributed by atoms with van der Waals surface area (Å²) >= 11 is 0. The molecule has 0 fully saturated rings. The molecule has 3 rings (SSSR count). The number of nitrogens with one attached hydrogen (secondary N) is 2. The van der Waals surface area contributed by atoms with Crippen molar-refractivity contribution in [2.24, 2.45) is 0 Å². The zero-order valence-electron chi connectivity index (χ0n) is 17.1. The lowest BCUT2D eigenvalue weighted by atomic mass is 10.2. The van der Waals surface area contributed by atoms with Crippen LogP contribution in [0.15, 0.2) is 36.8 Å². The van der Waals surface area contributed by atoms with Crippen LogP contribution in [0.1, 0.15) is 41.4 Å². The van der Waals surface area contributed by atoms with E-state index in [2.05, 4.69) is 25.7 Å². The number of fused-ring (bicyclic) bond motifs is 1. The van der Waals surface area contributed by atoms with Crippen molar-refractivity contribution in [1.82, 2.24) is 30.2 Å². The van der Waals surface area contributed by atoms with Crippen LogP contribution in [-0.2, 0) is 17.9 Å². The number of halogens is 3. The van der Waals surface area contributed by atoms with Crippen LogP contribution in [0.5, 0.6) is 5.88 Å². The summed E-state index contributed by atoms with van der Waals surface area (Å²) in [5.41, 5.74) is 2.00. The van der Waals surface area contributed by atoms with Crippen LogP contribution in [0, 0.1) is 0 Å². The standard InChI is InChI=1S/C20H21F3N6O3/c1-2-32-18-8-14(4-6-24-18)19(31)26-11-15-12-29-16(28-15)7-13(10-27-29)9-25-17(30)3-5-20(21,22)23/h4,6-8,10,12H,2-3,5,9,11H2,1H3,(H,25,30)(H,26,31). The van der Waals surface area contributed by atoms with E-state index in [1.165, 1.54) is 16.9 Å². The first-order valence-electron chi connectivity index (χ1n) is 9.77. The van der Waals surface area contributed by atoms with Gasteiger partial charge in [0.05, 0.1) is 37.7 Å². The molecule has 0 aliphatic rings. The Morgan fingerprint density at radius 3 is 2.75 bits per heavy atom. The Hall–Kier alpha value is -3.70. The Kier molecular flexibility index (Phi) is 7.23. The molecule has 0 aliphatic carbocycles. The number of imidazole rings is 1. The predicted octanol–water partition coefficient (Wildman–Crippen LogP) is 2.41. The van der Waals surface area contributed by atoms with Gasteiger partial charge >= 0.3 is 6.18 Å². The number of hydrogen-bond acceptors (Lipinski definition) is 6. The zero-order chi connectivity index (χ0) is 23.1. The molecule has 2 amide bonds. The fourth-order valence-corrected chi connectivity index (χ4v) is 2.74. The number of alkyl halides is 3. The molecule has 12 heteroatoms. The van der Waals surface area contributed by atoms with Crippen LogP contribution < -0.4 is 15.4 Å². The van der Waals surface area contributed by atoms with E-state index >= 15 is 0 Å². The van der Waals surface area contributed by atoms with E-state index in [1.54, 1.807) is 24.4 Å². The lowest BCUT2D eigenvalue weighted by Crippen LogP contribution is -2.24. The molecule has 2 N–H and O–H groups in total. The van der Waals surface area contributed by atoms with Gasteiger partial charge < -0.3 is 15.4 Å². The van der Waals surface area contributed by atoms with E-state index in [-0.39, 0.29) is 19.0 Å². The molecule has 0 saturated carbocycles. The number of hydrogen-bond donors (Lipinski definition) is 2. The second kappa shape index (κ2) is 10.1. The number of pyridine rings is 1. The number of nitrogens with zero attached hydrogens (tertiary/aromatic N) is 4. The normalized spacial score (nSPS) is 11.4. The topological polar surface area (TPSA) is 111 Å². The lowest BCUT2D eigenvalue weighted by molar-refractivity contribution is -0.144. The smallest absolute Gasteiger partial charge is 0.389 e. The van der Waals surface area contributed by atoms with Crippen LogP contribution in [0.2, 0.25) is 0 Å². The van der Waals surface area contributed by atoms with Gasteiger partial charge in [-0.25, -0.2) is 14.5 Å². The molecule has 9 nitrogen and oxygen atoms in total. The number of carbonyl (C=O) groups excluding carboxylic acids is 2. The average Bonchev–Trinajstić information content (AvgIpc) is 3.16. The minimum Gasteiger partial charge on any atom is -0.478 e. The van der Waals surface area contributed by atoms with Gasteiger partial charge in [-0.2, -0.15) is 18.3 Å². The van der Waals surface area contributed by atoms with Gasteiger partial charge in [-0.1, -0.05) is 0 Å². The van der Waals surface area contributed by atoms with Crippen molar-refractivity contribution in [3.05, 3.63) is 53.6 Å². The van der Waals surface area contributed by atoms with E-state index in [1.807, 2.05) is 6.92 Å². The molecule has 0 spiro atoms. The van der Waals surface area contributed by atoms with Crippen molar-refractivity contribution in [1.29, 1.82) is 0 Å². The van der Waals surface area contributed by atoms with E-state index in [0.29, 0.717) is 35.0 Å². The Labute approximate surface area is 181 Å². The molecule has 32 heavy (non-hydrogen) atoms. The number of carbonyl (C=O) groups is 2. The summed E-state index contributed by atoms with van der Waals surface area (Å²) in [4.78, 5) is 32.3. The molecule has 0 atom stereocenters. The van der Waals surface area contributed by atoms with Crippen molar-refractivity contribution >= 4 is 17.5 Å². The third kappa shape index (κ3) is 6.65. The summed E-state index contributed by atoms with van der Waals surface area (Å²) < 4.78 is 43.3. The first-order valence-corrected chi connectivity index (χ1v) is 9.77. The quantitative estimate of drug-likeness (QED) is 0.518. The van der Waals surface area contributed by atoms with E-state index < -0.39 is 24.9 Å². The van der Waals surface area contributed by atoms with Gasteiger partial charge in [0, 0.05) is 30.8 Å². The molecule has 0 aliphatic heterocycles. The molecule has 0 bridgehead atoms. The summed E-state index contributed by atoms with van der Waals surface area (Å²) in [6, 6.07) is 4.76. The largest absolute Gasteiger partial charge is 0.478 e. The summed E-state index contributed by atoms with van der Waals surface area (Å²) in [6.45, 7) is 2.44. The number of rotatable bonds is 9. The minimum absolute atomic E-state index is 0.0311.